The fourth-order valence-electron chi connectivity index (χ4n) is 6.88. The van der Waals surface area contributed by atoms with Crippen molar-refractivity contribution >= 4 is 49.2 Å². The van der Waals surface area contributed by atoms with Crippen molar-refractivity contribution in [2.75, 3.05) is 20.2 Å². The van der Waals surface area contributed by atoms with Crippen LogP contribution in [0.25, 0.3) is 33.6 Å². The Balaban J connectivity index is 0.00000209. The molecule has 5 aromatic rings. The zero-order chi connectivity index (χ0) is 34.6. The highest BCUT2D eigenvalue weighted by molar-refractivity contribution is 5.87. The van der Waals surface area contributed by atoms with Gasteiger partial charge in [0.2, 0.25) is 5.91 Å². The van der Waals surface area contributed by atoms with Gasteiger partial charge in [0.15, 0.2) is 0 Å². The molecule has 3 aromatic carbocycles. The topological polar surface area (TPSA) is 137 Å². The normalized spacial score (nSPS) is 16.9. The number of aromatic amines is 2. The molecule has 3 atom stereocenters. The molecule has 4 heterocycles. The van der Waals surface area contributed by atoms with Crippen molar-refractivity contribution < 1.29 is 19.1 Å². The Morgan fingerprint density at radius 1 is 0.830 bits per heavy atom. The highest BCUT2D eigenvalue weighted by Crippen LogP contribution is 2.39. The first-order valence-electron chi connectivity index (χ1n) is 17.3. The van der Waals surface area contributed by atoms with Crippen molar-refractivity contribution in [1.82, 2.24) is 35.5 Å². The standard InChI is InChI=1S/C39H43N7O4.3ClH/c1-24(2)35(45-39(48)49-3)38(47)46-20-8-12-33(46)37-42-23-32(44-37)27-17-18-29(34(21-27)50-28-9-5-4-6-10-28)25-13-15-26(16-14-25)31-22-41-36(43-31)30-11-7-19-40-30;;;/h4-6,9-10,13-18,21-24,30,33,35,40H,7-8,11-12,19-20H2,1-3H3,(H,41,43)(H,42,44)(H,45,48);3*1H/t30-,33-,35-;;;/m0.../s1. The Labute approximate surface area is 328 Å². The van der Waals surface area contributed by atoms with Crippen molar-refractivity contribution in [3.63, 3.8) is 0 Å². The predicted octanol–water partition coefficient (Wildman–Crippen LogP) is 8.66. The number of rotatable bonds is 10. The molecule has 2 aliphatic rings. The quantitative estimate of drug-likeness (QED) is 0.111. The van der Waals surface area contributed by atoms with Crippen LogP contribution in [0.5, 0.6) is 11.5 Å². The zero-order valence-corrected chi connectivity index (χ0v) is 32.3. The van der Waals surface area contributed by atoms with Gasteiger partial charge in [0, 0.05) is 17.7 Å². The van der Waals surface area contributed by atoms with Crippen LogP contribution in [-0.4, -0.2) is 63.1 Å². The van der Waals surface area contributed by atoms with Crippen molar-refractivity contribution in [3.8, 4) is 45.1 Å². The van der Waals surface area contributed by atoms with Gasteiger partial charge in [-0.2, -0.15) is 0 Å². The second kappa shape index (κ2) is 18.5. The number of hydrogen-bond acceptors (Lipinski definition) is 7. The lowest BCUT2D eigenvalue weighted by atomic mass is 10.00. The number of alkyl carbamates (subject to hydrolysis) is 1. The average molecular weight is 783 g/mol. The number of carbonyl (C=O) groups is 2. The van der Waals surface area contributed by atoms with E-state index in [1.54, 1.807) is 6.20 Å². The van der Waals surface area contributed by atoms with E-state index < -0.39 is 12.1 Å². The molecule has 2 fully saturated rings. The van der Waals surface area contributed by atoms with Gasteiger partial charge in [-0.05, 0) is 73.5 Å². The molecule has 7 rings (SSSR count). The molecule has 2 aromatic heterocycles. The number of halogens is 3. The van der Waals surface area contributed by atoms with Crippen molar-refractivity contribution in [2.45, 2.75) is 57.7 Å². The number of likely N-dealkylation sites (tertiary alicyclic amines) is 1. The number of nitrogens with zero attached hydrogens (tertiary/aromatic N) is 3. The number of carbonyl (C=O) groups excluding carboxylic acids is 2. The first kappa shape index (κ1) is 41.2. The third-order valence-electron chi connectivity index (χ3n) is 9.59. The third kappa shape index (κ3) is 9.16. The number of methoxy groups -OCH3 is 1. The van der Waals surface area contributed by atoms with E-state index in [4.69, 9.17) is 14.5 Å². The van der Waals surface area contributed by atoms with Gasteiger partial charge in [-0.15, -0.1) is 37.2 Å². The van der Waals surface area contributed by atoms with Gasteiger partial charge in [-0.25, -0.2) is 14.8 Å². The Morgan fingerprint density at radius 2 is 1.49 bits per heavy atom. The maximum atomic E-state index is 13.6. The highest BCUT2D eigenvalue weighted by atomic mass is 35.5. The number of nitrogens with one attached hydrogen (secondary N) is 4. The molecule has 2 aliphatic heterocycles. The predicted molar refractivity (Wildman–Crippen MR) is 213 cm³/mol. The molecule has 282 valence electrons. The number of H-pyrrole nitrogens is 2. The fraction of sp³-hybridized carbons (Fsp3) is 0.333. The van der Waals surface area contributed by atoms with Gasteiger partial charge in [-0.3, -0.25) is 4.79 Å². The van der Waals surface area contributed by atoms with Gasteiger partial charge in [-0.1, -0.05) is 62.4 Å². The Hall–Kier alpha value is -4.55. The first-order chi connectivity index (χ1) is 24.4. The molecule has 0 radical (unpaired) electrons. The van der Waals surface area contributed by atoms with Gasteiger partial charge < -0.3 is 35.0 Å². The number of hydrogen-bond donors (Lipinski definition) is 4. The van der Waals surface area contributed by atoms with Crippen LogP contribution < -0.4 is 15.4 Å². The number of ether oxygens (including phenoxy) is 2. The first-order valence-corrected chi connectivity index (χ1v) is 17.3. The van der Waals surface area contributed by atoms with Crippen molar-refractivity contribution in [1.29, 1.82) is 0 Å². The lowest BCUT2D eigenvalue weighted by Crippen LogP contribution is -2.51. The minimum absolute atomic E-state index is 0. The molecule has 4 N–H and O–H groups in total. The summed E-state index contributed by atoms with van der Waals surface area (Å²) in [6, 6.07) is 23.7. The molecular formula is C39H46Cl3N7O4. The molecule has 2 saturated heterocycles. The minimum atomic E-state index is -0.692. The van der Waals surface area contributed by atoms with Crippen molar-refractivity contribution in [2.24, 2.45) is 5.92 Å². The molecule has 53 heavy (non-hydrogen) atoms. The SMILES string of the molecule is COC(=O)N[C@H](C(=O)N1CCC[C@H]1c1ncc(-c2ccc(-c3ccc(-c4cnc([C@@H]5CCCN5)[nH]4)cc3)c(Oc3ccccc3)c2)[nH]1)C(C)C.Cl.Cl.Cl. The monoisotopic (exact) mass is 781 g/mol. The number of para-hydroxylation sites is 1. The number of imidazole rings is 2. The van der Waals surface area contributed by atoms with E-state index in [0.29, 0.717) is 18.1 Å². The molecule has 0 spiro atoms. The maximum Gasteiger partial charge on any atom is 0.407 e. The van der Waals surface area contributed by atoms with Gasteiger partial charge in [0.1, 0.15) is 29.2 Å². The third-order valence-corrected chi connectivity index (χ3v) is 9.59. The lowest BCUT2D eigenvalue weighted by molar-refractivity contribution is -0.135. The Bertz CT molecular complexity index is 1950. The van der Waals surface area contributed by atoms with E-state index in [1.807, 2.05) is 61.3 Å². The van der Waals surface area contributed by atoms with E-state index >= 15 is 0 Å². The summed E-state index contributed by atoms with van der Waals surface area (Å²) in [5.41, 5.74) is 5.76. The van der Waals surface area contributed by atoms with Crippen LogP contribution in [0.2, 0.25) is 0 Å². The summed E-state index contributed by atoms with van der Waals surface area (Å²) in [7, 11) is 1.30. The van der Waals surface area contributed by atoms with Gasteiger partial charge in [0.05, 0.1) is 43.0 Å². The van der Waals surface area contributed by atoms with E-state index in [-0.39, 0.29) is 61.1 Å². The molecule has 14 heteroatoms. The van der Waals surface area contributed by atoms with Crippen LogP contribution in [0.1, 0.15) is 63.3 Å². The molecule has 0 aliphatic carbocycles. The number of benzene rings is 3. The summed E-state index contributed by atoms with van der Waals surface area (Å²) in [5, 5.41) is 6.21. The zero-order valence-electron chi connectivity index (χ0n) is 29.8. The second-order valence-corrected chi connectivity index (χ2v) is 13.3. The molecule has 11 nitrogen and oxygen atoms in total. The van der Waals surface area contributed by atoms with E-state index in [0.717, 1.165) is 71.0 Å². The smallest absolute Gasteiger partial charge is 0.407 e. The Morgan fingerprint density at radius 3 is 2.17 bits per heavy atom. The number of aromatic nitrogens is 4. The molecule has 0 bridgehead atoms. The summed E-state index contributed by atoms with van der Waals surface area (Å²) in [5.74, 6) is 2.89. The molecular weight excluding hydrogens is 737 g/mol. The van der Waals surface area contributed by atoms with Crippen LogP contribution in [-0.2, 0) is 9.53 Å². The summed E-state index contributed by atoms with van der Waals surface area (Å²) < 4.78 is 11.3. The maximum absolute atomic E-state index is 13.6. The number of amides is 2. The van der Waals surface area contributed by atoms with Crippen molar-refractivity contribution in [3.05, 3.63) is 96.8 Å². The van der Waals surface area contributed by atoms with Crippen LogP contribution >= 0.6 is 37.2 Å². The summed E-state index contributed by atoms with van der Waals surface area (Å²) in [4.78, 5) is 43.8. The fourth-order valence-corrected chi connectivity index (χ4v) is 6.88. The molecule has 0 saturated carbocycles. The van der Waals surface area contributed by atoms with Crippen LogP contribution in [0, 0.1) is 5.92 Å². The highest BCUT2D eigenvalue weighted by Gasteiger charge is 2.37. The summed E-state index contributed by atoms with van der Waals surface area (Å²) in [6.45, 7) is 5.43. The van der Waals surface area contributed by atoms with Crippen LogP contribution in [0.15, 0.2) is 85.2 Å². The van der Waals surface area contributed by atoms with Crippen LogP contribution in [0.3, 0.4) is 0 Å². The average Bonchev–Trinajstić information content (AvgIpc) is 3.98. The minimum Gasteiger partial charge on any atom is -0.457 e. The van der Waals surface area contributed by atoms with E-state index in [2.05, 4.69) is 62.0 Å². The lowest BCUT2D eigenvalue weighted by Gasteiger charge is -2.30. The molecule has 0 unspecified atom stereocenters. The van der Waals surface area contributed by atoms with E-state index in [9.17, 15) is 9.59 Å². The summed E-state index contributed by atoms with van der Waals surface area (Å²) >= 11 is 0. The largest absolute Gasteiger partial charge is 0.457 e. The van der Waals surface area contributed by atoms with Gasteiger partial charge >= 0.3 is 6.09 Å². The second-order valence-electron chi connectivity index (χ2n) is 13.3. The summed E-state index contributed by atoms with van der Waals surface area (Å²) in [6.07, 6.45) is 6.97. The van der Waals surface area contributed by atoms with E-state index in [1.165, 1.54) is 13.5 Å². The van der Waals surface area contributed by atoms with Gasteiger partial charge in [0.25, 0.3) is 0 Å². The Kier molecular flexibility index (Phi) is 14.4. The van der Waals surface area contributed by atoms with Crippen LogP contribution in [0.4, 0.5) is 4.79 Å². The molecule has 2 amide bonds.